The molecule has 0 aromatic heterocycles. The van der Waals surface area contributed by atoms with E-state index in [9.17, 15) is 14.2 Å². The molecule has 1 rings (SSSR count). The van der Waals surface area contributed by atoms with Crippen LogP contribution in [0.1, 0.15) is 33.1 Å². The van der Waals surface area contributed by atoms with Crippen molar-refractivity contribution in [3.05, 3.63) is 0 Å². The van der Waals surface area contributed by atoms with Gasteiger partial charge in [-0.05, 0) is 31.1 Å². The van der Waals surface area contributed by atoms with Crippen molar-refractivity contribution < 1.29 is 23.9 Å². The Kier molecular flexibility index (Phi) is 5.26. The molecule has 1 aliphatic carbocycles. The zero-order valence-electron chi connectivity index (χ0n) is 11.1. The van der Waals surface area contributed by atoms with Crippen molar-refractivity contribution in [2.45, 2.75) is 45.2 Å². The first-order valence-electron chi connectivity index (χ1n) is 6.28. The van der Waals surface area contributed by atoms with Crippen LogP contribution in [0.3, 0.4) is 0 Å². The third-order valence-corrected chi connectivity index (χ3v) is 3.86. The largest absolute Gasteiger partial charge is 0.393 e. The van der Waals surface area contributed by atoms with Crippen LogP contribution in [-0.4, -0.2) is 33.3 Å². The van der Waals surface area contributed by atoms with E-state index < -0.39 is 31.1 Å². The van der Waals surface area contributed by atoms with Crippen LogP contribution in [0.4, 0.5) is 0 Å². The minimum atomic E-state index is -4.84. The van der Waals surface area contributed by atoms with E-state index in [1.807, 2.05) is 13.8 Å². The number of rotatable bonds is 7. The number of carbonyl (C=O) groups excluding carboxylic acids is 2. The second-order valence-electron chi connectivity index (χ2n) is 5.44. The van der Waals surface area contributed by atoms with Gasteiger partial charge in [0.1, 0.15) is 6.04 Å². The van der Waals surface area contributed by atoms with E-state index >= 15 is 0 Å². The van der Waals surface area contributed by atoms with Gasteiger partial charge in [0, 0.05) is 0 Å². The van der Waals surface area contributed by atoms with Gasteiger partial charge >= 0.3 is 7.60 Å². The maximum atomic E-state index is 11.8. The third kappa shape index (κ3) is 5.03. The van der Waals surface area contributed by atoms with Crippen LogP contribution in [0.15, 0.2) is 0 Å². The predicted molar refractivity (Wildman–Crippen MR) is 69.1 cm³/mol. The molecule has 8 heteroatoms. The monoisotopic (exact) mass is 292 g/mol. The molecule has 2 atom stereocenters. The summed E-state index contributed by atoms with van der Waals surface area (Å²) in [5.41, 5.74) is 4.46. The zero-order chi connectivity index (χ0) is 14.8. The van der Waals surface area contributed by atoms with Crippen molar-refractivity contribution in [2.75, 3.05) is 0 Å². The average Bonchev–Trinajstić information content (AvgIpc) is 3.05. The fraction of sp³-hybridized carbons (Fsp3) is 0.818. The molecule has 0 radical (unpaired) electrons. The summed E-state index contributed by atoms with van der Waals surface area (Å²) in [6.07, 6.45) is 1.81. The van der Waals surface area contributed by atoms with Gasteiger partial charge in [-0.25, -0.2) is 0 Å². The molecular weight excluding hydrogens is 271 g/mol. The van der Waals surface area contributed by atoms with Crippen molar-refractivity contribution in [1.29, 1.82) is 0 Å². The van der Waals surface area contributed by atoms with Crippen molar-refractivity contribution >= 4 is 19.0 Å². The minimum Gasteiger partial charge on any atom is -0.344 e. The number of amides is 1. The molecule has 0 bridgehead atoms. The summed E-state index contributed by atoms with van der Waals surface area (Å²) in [6.45, 7) is 3.82. The molecule has 110 valence electrons. The van der Waals surface area contributed by atoms with E-state index in [0.29, 0.717) is 19.3 Å². The van der Waals surface area contributed by atoms with Crippen LogP contribution < -0.4 is 11.1 Å². The van der Waals surface area contributed by atoms with E-state index in [2.05, 4.69) is 5.32 Å². The summed E-state index contributed by atoms with van der Waals surface area (Å²) in [5.74, 6) is -0.500. The molecule has 0 saturated heterocycles. The number of hydrogen-bond donors (Lipinski definition) is 4. The van der Waals surface area contributed by atoms with E-state index in [1.54, 1.807) is 0 Å². The Labute approximate surface area is 112 Å². The lowest BCUT2D eigenvalue weighted by Gasteiger charge is -2.20. The van der Waals surface area contributed by atoms with Crippen molar-refractivity contribution in [3.8, 4) is 0 Å². The van der Waals surface area contributed by atoms with E-state index in [-0.39, 0.29) is 11.8 Å². The van der Waals surface area contributed by atoms with Crippen molar-refractivity contribution in [2.24, 2.45) is 17.6 Å². The minimum absolute atomic E-state index is 0.185. The van der Waals surface area contributed by atoms with Gasteiger partial charge in [0.15, 0.2) is 0 Å². The van der Waals surface area contributed by atoms with E-state index in [4.69, 9.17) is 15.5 Å². The molecule has 5 N–H and O–H groups in total. The van der Waals surface area contributed by atoms with Crippen LogP contribution in [0.2, 0.25) is 0 Å². The molecule has 0 heterocycles. The van der Waals surface area contributed by atoms with Gasteiger partial charge in [-0.3, -0.25) is 14.2 Å². The van der Waals surface area contributed by atoms with Gasteiger partial charge in [0.25, 0.3) is 5.52 Å². The van der Waals surface area contributed by atoms with E-state index in [0.717, 1.165) is 0 Å². The Morgan fingerprint density at radius 2 is 1.89 bits per heavy atom. The molecule has 0 unspecified atom stereocenters. The molecule has 1 amide bonds. The molecule has 1 fully saturated rings. The van der Waals surface area contributed by atoms with Gasteiger partial charge < -0.3 is 20.8 Å². The Morgan fingerprint density at radius 1 is 1.37 bits per heavy atom. The Bertz CT molecular complexity index is 402. The lowest BCUT2D eigenvalue weighted by atomic mass is 10.0. The Morgan fingerprint density at radius 3 is 2.26 bits per heavy atom. The summed E-state index contributed by atoms with van der Waals surface area (Å²) >= 11 is 0. The van der Waals surface area contributed by atoms with E-state index in [1.165, 1.54) is 0 Å². The summed E-state index contributed by atoms with van der Waals surface area (Å²) in [7, 11) is -4.84. The van der Waals surface area contributed by atoms with Crippen LogP contribution in [-0.2, 0) is 14.2 Å². The fourth-order valence-corrected chi connectivity index (χ4v) is 2.50. The maximum Gasteiger partial charge on any atom is 0.393 e. The van der Waals surface area contributed by atoms with Crippen molar-refractivity contribution in [3.63, 3.8) is 0 Å². The molecule has 0 aliphatic heterocycles. The first-order valence-corrected chi connectivity index (χ1v) is 7.90. The second-order valence-corrected chi connectivity index (χ2v) is 6.97. The quantitative estimate of drug-likeness (QED) is 0.487. The number of nitrogens with one attached hydrogen (secondary N) is 1. The number of hydrogen-bond acceptors (Lipinski definition) is 4. The molecule has 1 saturated carbocycles. The van der Waals surface area contributed by atoms with Crippen LogP contribution in [0, 0.1) is 11.8 Å². The van der Waals surface area contributed by atoms with Crippen molar-refractivity contribution in [1.82, 2.24) is 5.32 Å². The van der Waals surface area contributed by atoms with Crippen LogP contribution >= 0.6 is 7.60 Å². The lowest BCUT2D eigenvalue weighted by Crippen LogP contribution is -2.49. The van der Waals surface area contributed by atoms with Gasteiger partial charge in [0.05, 0.1) is 6.04 Å². The van der Waals surface area contributed by atoms with Gasteiger partial charge in [-0.15, -0.1) is 0 Å². The zero-order valence-corrected chi connectivity index (χ0v) is 12.0. The predicted octanol–water partition coefficient (Wildman–Crippen LogP) is -0.0411. The molecule has 19 heavy (non-hydrogen) atoms. The first kappa shape index (κ1) is 16.3. The highest BCUT2D eigenvalue weighted by Gasteiger charge is 2.44. The maximum absolute atomic E-state index is 11.8. The molecule has 0 spiro atoms. The summed E-state index contributed by atoms with van der Waals surface area (Å²) < 4.78 is 11.0. The third-order valence-electron chi connectivity index (χ3n) is 3.01. The number of carbonyl (C=O) groups is 2. The van der Waals surface area contributed by atoms with Gasteiger partial charge in [-0.1, -0.05) is 13.8 Å². The molecule has 7 nitrogen and oxygen atoms in total. The summed E-state index contributed by atoms with van der Waals surface area (Å²) in [5, 5.41) is 2.38. The summed E-state index contributed by atoms with van der Waals surface area (Å²) in [6, 6.07) is -1.89. The highest BCUT2D eigenvalue weighted by Crippen LogP contribution is 2.43. The smallest absolute Gasteiger partial charge is 0.344 e. The van der Waals surface area contributed by atoms with Gasteiger partial charge in [-0.2, -0.15) is 0 Å². The normalized spacial score (nSPS) is 19.1. The average molecular weight is 292 g/mol. The Hall–Kier alpha value is -0.750. The van der Waals surface area contributed by atoms with Crippen LogP contribution in [0.25, 0.3) is 0 Å². The second kappa shape index (κ2) is 6.13. The topological polar surface area (TPSA) is 130 Å². The number of nitrogens with two attached hydrogens (primary N) is 1. The van der Waals surface area contributed by atoms with Crippen LogP contribution in [0.5, 0.6) is 0 Å². The standard InChI is InChI=1S/C11H21N2O5P/c1-6(2)5-8(12)10(14)13-9(7-3-4-7)11(15)19(16,17)18/h6-9H,3-5,12H2,1-2H3,(H,13,14)(H2,16,17,18)/t8-,9-/m0/s1. The lowest BCUT2D eigenvalue weighted by molar-refractivity contribution is -0.126. The molecule has 1 aliphatic rings. The SMILES string of the molecule is CC(C)C[C@H](N)C(=O)N[C@H](C(=O)P(=O)(O)O)C1CC1. The molecule has 0 aromatic rings. The fourth-order valence-electron chi connectivity index (χ4n) is 1.87. The molecule has 0 aromatic carbocycles. The highest BCUT2D eigenvalue weighted by atomic mass is 31.2. The highest BCUT2D eigenvalue weighted by molar-refractivity contribution is 7.70. The summed E-state index contributed by atoms with van der Waals surface area (Å²) in [4.78, 5) is 41.2. The first-order chi connectivity index (χ1) is 8.62. The Balaban J connectivity index is 2.67. The van der Waals surface area contributed by atoms with Gasteiger partial charge in [0.2, 0.25) is 5.91 Å². The molecular formula is C11H21N2O5P.